The number of pyridine rings is 1. The van der Waals surface area contributed by atoms with Crippen molar-refractivity contribution in [2.75, 3.05) is 12.4 Å². The van der Waals surface area contributed by atoms with Gasteiger partial charge in [-0.25, -0.2) is 9.67 Å². The molecule has 6 heteroatoms. The van der Waals surface area contributed by atoms with E-state index in [4.69, 9.17) is 9.15 Å². The van der Waals surface area contributed by atoms with Gasteiger partial charge in [0.1, 0.15) is 18.1 Å². The van der Waals surface area contributed by atoms with E-state index in [0.29, 0.717) is 13.2 Å². The summed E-state index contributed by atoms with van der Waals surface area (Å²) in [5.74, 6) is 2.41. The molecule has 0 amide bonds. The normalized spacial score (nSPS) is 10.7. The highest BCUT2D eigenvalue weighted by Crippen LogP contribution is 2.18. The molecule has 0 saturated heterocycles. The van der Waals surface area contributed by atoms with Crippen molar-refractivity contribution in [3.05, 3.63) is 60.4 Å². The number of aromatic nitrogens is 3. The SMILES string of the molecule is COCc1ccc(CNc2cccnc2-n2cccn2)o1. The fraction of sp³-hybridized carbons (Fsp3) is 0.200. The lowest BCUT2D eigenvalue weighted by Gasteiger charge is -2.09. The van der Waals surface area contributed by atoms with Crippen molar-refractivity contribution in [3.8, 4) is 5.82 Å². The average molecular weight is 284 g/mol. The second kappa shape index (κ2) is 6.23. The second-order valence-corrected chi connectivity index (χ2v) is 4.48. The molecular formula is C15H16N4O2. The van der Waals surface area contributed by atoms with Crippen molar-refractivity contribution in [1.82, 2.24) is 14.8 Å². The highest BCUT2D eigenvalue weighted by Gasteiger charge is 2.07. The third-order valence-corrected chi connectivity index (χ3v) is 2.97. The Balaban J connectivity index is 1.73. The number of rotatable bonds is 6. The molecule has 0 aliphatic heterocycles. The van der Waals surface area contributed by atoms with Gasteiger partial charge in [0.25, 0.3) is 0 Å². The van der Waals surface area contributed by atoms with Crippen LogP contribution in [0.1, 0.15) is 11.5 Å². The Morgan fingerprint density at radius 2 is 2.10 bits per heavy atom. The quantitative estimate of drug-likeness (QED) is 0.753. The van der Waals surface area contributed by atoms with E-state index in [1.165, 1.54) is 0 Å². The first-order chi connectivity index (χ1) is 10.4. The summed E-state index contributed by atoms with van der Waals surface area (Å²) in [5, 5.41) is 7.52. The third kappa shape index (κ3) is 3.11. The summed E-state index contributed by atoms with van der Waals surface area (Å²) in [6, 6.07) is 9.56. The fourth-order valence-corrected chi connectivity index (χ4v) is 2.03. The molecule has 3 heterocycles. The standard InChI is InChI=1S/C15H16N4O2/c1-20-11-13-6-5-12(21-13)10-17-14-4-2-7-16-15(14)19-9-3-8-18-19/h2-9,17H,10-11H2,1H3. The predicted molar refractivity (Wildman–Crippen MR) is 78.1 cm³/mol. The maximum absolute atomic E-state index is 5.65. The van der Waals surface area contributed by atoms with E-state index in [0.717, 1.165) is 23.0 Å². The Morgan fingerprint density at radius 3 is 2.90 bits per heavy atom. The Morgan fingerprint density at radius 1 is 1.19 bits per heavy atom. The van der Waals surface area contributed by atoms with Gasteiger partial charge >= 0.3 is 0 Å². The second-order valence-electron chi connectivity index (χ2n) is 4.48. The lowest BCUT2D eigenvalue weighted by atomic mass is 10.3. The van der Waals surface area contributed by atoms with Crippen LogP contribution in [0.15, 0.2) is 53.3 Å². The average Bonchev–Trinajstić information content (AvgIpc) is 3.17. The molecule has 1 N–H and O–H groups in total. The minimum Gasteiger partial charge on any atom is -0.462 e. The van der Waals surface area contributed by atoms with Crippen molar-refractivity contribution in [2.45, 2.75) is 13.2 Å². The number of hydrogen-bond acceptors (Lipinski definition) is 5. The van der Waals surface area contributed by atoms with Crippen molar-refractivity contribution in [3.63, 3.8) is 0 Å². The van der Waals surface area contributed by atoms with Gasteiger partial charge < -0.3 is 14.5 Å². The van der Waals surface area contributed by atoms with Gasteiger partial charge in [-0.15, -0.1) is 0 Å². The minimum atomic E-state index is 0.478. The molecular weight excluding hydrogens is 268 g/mol. The molecule has 0 spiro atoms. The first kappa shape index (κ1) is 13.4. The van der Waals surface area contributed by atoms with Crippen LogP contribution in [-0.2, 0) is 17.9 Å². The summed E-state index contributed by atoms with van der Waals surface area (Å²) in [4.78, 5) is 4.36. The molecule has 3 aromatic rings. The molecule has 0 saturated carbocycles. The van der Waals surface area contributed by atoms with Gasteiger partial charge in [0.05, 0.1) is 12.2 Å². The van der Waals surface area contributed by atoms with E-state index >= 15 is 0 Å². The van der Waals surface area contributed by atoms with E-state index < -0.39 is 0 Å². The van der Waals surface area contributed by atoms with Crippen LogP contribution >= 0.6 is 0 Å². The van der Waals surface area contributed by atoms with Crippen LogP contribution in [0.2, 0.25) is 0 Å². The largest absolute Gasteiger partial charge is 0.462 e. The van der Waals surface area contributed by atoms with Crippen LogP contribution in [0.5, 0.6) is 0 Å². The predicted octanol–water partition coefficient (Wildman–Crippen LogP) is 2.62. The maximum atomic E-state index is 5.65. The summed E-state index contributed by atoms with van der Waals surface area (Å²) >= 11 is 0. The van der Waals surface area contributed by atoms with Gasteiger partial charge in [-0.05, 0) is 30.3 Å². The molecule has 0 fully saturated rings. The number of nitrogens with one attached hydrogen (secondary N) is 1. The number of ether oxygens (including phenoxy) is 1. The summed E-state index contributed by atoms with van der Waals surface area (Å²) in [7, 11) is 1.65. The van der Waals surface area contributed by atoms with E-state index in [-0.39, 0.29) is 0 Å². The van der Waals surface area contributed by atoms with Gasteiger partial charge in [-0.3, -0.25) is 0 Å². The van der Waals surface area contributed by atoms with Crippen LogP contribution in [-0.4, -0.2) is 21.9 Å². The summed E-state index contributed by atoms with van der Waals surface area (Å²) in [6.07, 6.45) is 5.32. The van der Waals surface area contributed by atoms with Crippen molar-refractivity contribution in [1.29, 1.82) is 0 Å². The third-order valence-electron chi connectivity index (χ3n) is 2.97. The molecule has 0 aliphatic carbocycles. The molecule has 21 heavy (non-hydrogen) atoms. The minimum absolute atomic E-state index is 0.478. The smallest absolute Gasteiger partial charge is 0.176 e. The molecule has 0 aromatic carbocycles. The molecule has 3 aromatic heterocycles. The Kier molecular flexibility index (Phi) is 3.97. The number of furan rings is 1. The zero-order valence-electron chi connectivity index (χ0n) is 11.7. The Hall–Kier alpha value is -2.60. The molecule has 0 radical (unpaired) electrons. The van der Waals surface area contributed by atoms with Gasteiger partial charge in [0, 0.05) is 25.7 Å². The first-order valence-corrected chi connectivity index (χ1v) is 6.62. The molecule has 3 rings (SSSR count). The topological polar surface area (TPSA) is 65.1 Å². The molecule has 0 atom stereocenters. The zero-order valence-corrected chi connectivity index (χ0v) is 11.7. The van der Waals surface area contributed by atoms with E-state index in [9.17, 15) is 0 Å². The van der Waals surface area contributed by atoms with Crippen molar-refractivity contribution in [2.24, 2.45) is 0 Å². The molecule has 0 aliphatic rings. The Bertz CT molecular complexity index is 691. The van der Waals surface area contributed by atoms with Gasteiger partial charge in [-0.2, -0.15) is 5.10 Å². The number of hydrogen-bond donors (Lipinski definition) is 1. The van der Waals surface area contributed by atoms with E-state index in [1.54, 1.807) is 24.2 Å². The van der Waals surface area contributed by atoms with Crippen LogP contribution in [0, 0.1) is 0 Å². The van der Waals surface area contributed by atoms with Crippen LogP contribution in [0.3, 0.4) is 0 Å². The lowest BCUT2D eigenvalue weighted by molar-refractivity contribution is 0.163. The van der Waals surface area contributed by atoms with Crippen LogP contribution in [0.25, 0.3) is 5.82 Å². The summed E-state index contributed by atoms with van der Waals surface area (Å²) in [5.41, 5.74) is 0.894. The van der Waals surface area contributed by atoms with E-state index in [1.807, 2.05) is 36.5 Å². The van der Waals surface area contributed by atoms with Gasteiger partial charge in [0.15, 0.2) is 5.82 Å². The summed E-state index contributed by atoms with van der Waals surface area (Å²) in [6.45, 7) is 1.05. The number of nitrogens with zero attached hydrogens (tertiary/aromatic N) is 3. The molecule has 108 valence electrons. The molecule has 0 unspecified atom stereocenters. The molecule has 0 bridgehead atoms. The first-order valence-electron chi connectivity index (χ1n) is 6.62. The van der Waals surface area contributed by atoms with Crippen LogP contribution in [0.4, 0.5) is 5.69 Å². The number of methoxy groups -OCH3 is 1. The lowest BCUT2D eigenvalue weighted by Crippen LogP contribution is -2.06. The molecule has 6 nitrogen and oxygen atoms in total. The van der Waals surface area contributed by atoms with Crippen molar-refractivity contribution >= 4 is 5.69 Å². The highest BCUT2D eigenvalue weighted by molar-refractivity contribution is 5.56. The fourth-order valence-electron chi connectivity index (χ4n) is 2.03. The van der Waals surface area contributed by atoms with Crippen molar-refractivity contribution < 1.29 is 9.15 Å². The highest BCUT2D eigenvalue weighted by atomic mass is 16.5. The number of anilines is 1. The van der Waals surface area contributed by atoms with Gasteiger partial charge in [-0.1, -0.05) is 0 Å². The van der Waals surface area contributed by atoms with Gasteiger partial charge in [0.2, 0.25) is 0 Å². The summed E-state index contributed by atoms with van der Waals surface area (Å²) < 4.78 is 12.4. The van der Waals surface area contributed by atoms with E-state index in [2.05, 4.69) is 15.4 Å². The van der Waals surface area contributed by atoms with Crippen LogP contribution < -0.4 is 5.32 Å². The Labute approximate surface area is 122 Å². The monoisotopic (exact) mass is 284 g/mol. The maximum Gasteiger partial charge on any atom is 0.176 e. The zero-order chi connectivity index (χ0) is 14.5.